The van der Waals surface area contributed by atoms with E-state index < -0.39 is 0 Å². The third kappa shape index (κ3) is 2.76. The lowest BCUT2D eigenvalue weighted by molar-refractivity contribution is 0.262. The van der Waals surface area contributed by atoms with Gasteiger partial charge in [0, 0.05) is 6.54 Å². The number of carbonyl (C=O) groups is 1. The zero-order valence-corrected chi connectivity index (χ0v) is 12.8. The van der Waals surface area contributed by atoms with E-state index in [1.54, 1.807) is 12.1 Å². The maximum absolute atomic E-state index is 12.1. The Morgan fingerprint density at radius 1 is 1.14 bits per heavy atom. The first-order chi connectivity index (χ1) is 10.7. The molecule has 0 unspecified atom stereocenters. The number of urea groups is 1. The third-order valence-electron chi connectivity index (χ3n) is 3.32. The minimum absolute atomic E-state index is 0.377. The first kappa shape index (κ1) is 14.4. The van der Waals surface area contributed by atoms with Gasteiger partial charge in [0.25, 0.3) is 0 Å². The lowest BCUT2D eigenvalue weighted by atomic mass is 10.3. The first-order valence-electron chi connectivity index (χ1n) is 6.97. The Morgan fingerprint density at radius 3 is 2.64 bits per heavy atom. The molecule has 112 valence electrons. The molecule has 5 nitrogen and oxygen atoms in total. The second-order valence-corrected chi connectivity index (χ2v) is 5.13. The van der Waals surface area contributed by atoms with Crippen molar-refractivity contribution in [3.8, 4) is 0 Å². The molecule has 0 aliphatic heterocycles. The lowest BCUT2D eigenvalue weighted by Gasteiger charge is -2.10. The lowest BCUT2D eigenvalue weighted by Crippen LogP contribution is -2.22. The minimum atomic E-state index is -0.377. The molecule has 2 amide bonds. The summed E-state index contributed by atoms with van der Waals surface area (Å²) in [5, 5.41) is 5.98. The van der Waals surface area contributed by atoms with Crippen LogP contribution in [0.4, 0.5) is 16.4 Å². The Morgan fingerprint density at radius 2 is 1.86 bits per heavy atom. The quantitative estimate of drug-likeness (QED) is 0.755. The van der Waals surface area contributed by atoms with Gasteiger partial charge in [-0.2, -0.15) is 0 Å². The van der Waals surface area contributed by atoms with Crippen LogP contribution < -0.4 is 10.6 Å². The van der Waals surface area contributed by atoms with Crippen LogP contribution in [0.25, 0.3) is 11.0 Å². The van der Waals surface area contributed by atoms with Crippen molar-refractivity contribution >= 4 is 40.3 Å². The summed E-state index contributed by atoms with van der Waals surface area (Å²) in [6.45, 7) is 2.72. The van der Waals surface area contributed by atoms with Crippen molar-refractivity contribution in [2.45, 2.75) is 13.5 Å². The van der Waals surface area contributed by atoms with Gasteiger partial charge in [-0.15, -0.1) is 0 Å². The van der Waals surface area contributed by atoms with Gasteiger partial charge >= 0.3 is 6.03 Å². The van der Waals surface area contributed by atoms with E-state index in [4.69, 9.17) is 11.6 Å². The predicted molar refractivity (Wildman–Crippen MR) is 89.5 cm³/mol. The van der Waals surface area contributed by atoms with Crippen LogP contribution >= 0.6 is 11.6 Å². The minimum Gasteiger partial charge on any atom is -0.310 e. The molecule has 0 aliphatic carbocycles. The highest BCUT2D eigenvalue weighted by atomic mass is 35.5. The van der Waals surface area contributed by atoms with Gasteiger partial charge in [-0.05, 0) is 31.2 Å². The van der Waals surface area contributed by atoms with Crippen LogP contribution in [0.1, 0.15) is 6.92 Å². The number of hydrogen-bond donors (Lipinski definition) is 2. The first-order valence-corrected chi connectivity index (χ1v) is 7.34. The van der Waals surface area contributed by atoms with E-state index >= 15 is 0 Å². The van der Waals surface area contributed by atoms with Crippen molar-refractivity contribution < 1.29 is 4.79 Å². The summed E-state index contributed by atoms with van der Waals surface area (Å²) in [7, 11) is 0. The number of rotatable bonds is 3. The Hall–Kier alpha value is -2.53. The molecule has 0 spiro atoms. The smallest absolute Gasteiger partial charge is 0.310 e. The molecule has 2 aromatic carbocycles. The van der Waals surface area contributed by atoms with E-state index in [1.807, 2.05) is 47.9 Å². The number of nitrogens with zero attached hydrogens (tertiary/aromatic N) is 2. The molecule has 0 aliphatic rings. The molecule has 3 aromatic rings. The zero-order valence-electron chi connectivity index (χ0n) is 12.0. The molecule has 3 rings (SSSR count). The molecule has 0 radical (unpaired) electrons. The third-order valence-corrected chi connectivity index (χ3v) is 3.65. The van der Waals surface area contributed by atoms with Crippen LogP contribution in [0.5, 0.6) is 0 Å². The van der Waals surface area contributed by atoms with E-state index in [0.717, 1.165) is 11.0 Å². The zero-order chi connectivity index (χ0) is 15.5. The maximum atomic E-state index is 12.1. The highest BCUT2D eigenvalue weighted by Gasteiger charge is 2.12. The number of imidazole rings is 1. The van der Waals surface area contributed by atoms with Gasteiger partial charge in [0.1, 0.15) is 0 Å². The van der Waals surface area contributed by atoms with Gasteiger partial charge in [-0.3, -0.25) is 5.32 Å². The summed E-state index contributed by atoms with van der Waals surface area (Å²) in [5.74, 6) is 0.508. The molecule has 22 heavy (non-hydrogen) atoms. The van der Waals surface area contributed by atoms with E-state index in [1.165, 1.54) is 0 Å². The van der Waals surface area contributed by atoms with Gasteiger partial charge < -0.3 is 9.88 Å². The maximum Gasteiger partial charge on any atom is 0.326 e. The van der Waals surface area contributed by atoms with Gasteiger partial charge in [0.2, 0.25) is 5.95 Å². The molecule has 0 atom stereocenters. The second-order valence-electron chi connectivity index (χ2n) is 4.73. The topological polar surface area (TPSA) is 59.0 Å². The molecule has 6 heteroatoms. The van der Waals surface area contributed by atoms with Crippen molar-refractivity contribution in [2.24, 2.45) is 0 Å². The molecule has 0 fully saturated rings. The summed E-state index contributed by atoms with van der Waals surface area (Å²) in [6.07, 6.45) is 0. The molecule has 1 aromatic heterocycles. The van der Waals surface area contributed by atoms with E-state index in [-0.39, 0.29) is 6.03 Å². The van der Waals surface area contributed by atoms with E-state index in [2.05, 4.69) is 15.6 Å². The van der Waals surface area contributed by atoms with Crippen molar-refractivity contribution in [1.82, 2.24) is 9.55 Å². The Kier molecular flexibility index (Phi) is 3.98. The fourth-order valence-electron chi connectivity index (χ4n) is 2.31. The fourth-order valence-corrected chi connectivity index (χ4v) is 2.49. The van der Waals surface area contributed by atoms with Crippen LogP contribution in [0.3, 0.4) is 0 Å². The largest absolute Gasteiger partial charge is 0.326 e. The van der Waals surface area contributed by atoms with Gasteiger partial charge in [0.15, 0.2) is 0 Å². The summed E-state index contributed by atoms with van der Waals surface area (Å²) in [5.41, 5.74) is 2.39. The normalized spacial score (nSPS) is 10.6. The number of fused-ring (bicyclic) bond motifs is 1. The number of halogens is 1. The Balaban J connectivity index is 1.84. The Bertz CT molecular complexity index is 828. The predicted octanol–water partition coefficient (Wildman–Crippen LogP) is 4.35. The highest BCUT2D eigenvalue weighted by molar-refractivity contribution is 6.33. The van der Waals surface area contributed by atoms with Gasteiger partial charge in [0.05, 0.1) is 21.7 Å². The molecule has 0 saturated heterocycles. The van der Waals surface area contributed by atoms with Crippen LogP contribution in [0.15, 0.2) is 48.5 Å². The number of amides is 2. The molecular formula is C16H15ClN4O. The monoisotopic (exact) mass is 314 g/mol. The average Bonchev–Trinajstić information content (AvgIpc) is 2.86. The number of carbonyl (C=O) groups excluding carboxylic acids is 1. The summed E-state index contributed by atoms with van der Waals surface area (Å²) in [6, 6.07) is 14.5. The second kappa shape index (κ2) is 6.07. The van der Waals surface area contributed by atoms with Crippen molar-refractivity contribution in [1.29, 1.82) is 0 Å². The molecule has 2 N–H and O–H groups in total. The SMILES string of the molecule is CCn1c(NC(=O)Nc2ccccc2Cl)nc2ccccc21. The number of aromatic nitrogens is 2. The van der Waals surface area contributed by atoms with Crippen molar-refractivity contribution in [3.05, 3.63) is 53.6 Å². The number of para-hydroxylation sites is 3. The average molecular weight is 315 g/mol. The molecular weight excluding hydrogens is 300 g/mol. The summed E-state index contributed by atoms with van der Waals surface area (Å²) in [4.78, 5) is 16.6. The molecule has 0 saturated carbocycles. The van der Waals surface area contributed by atoms with Crippen molar-refractivity contribution in [2.75, 3.05) is 10.6 Å². The fraction of sp³-hybridized carbons (Fsp3) is 0.125. The van der Waals surface area contributed by atoms with Crippen molar-refractivity contribution in [3.63, 3.8) is 0 Å². The number of anilines is 2. The highest BCUT2D eigenvalue weighted by Crippen LogP contribution is 2.22. The molecule has 1 heterocycles. The van der Waals surface area contributed by atoms with Gasteiger partial charge in [-0.25, -0.2) is 9.78 Å². The summed E-state index contributed by atoms with van der Waals surface area (Å²) >= 11 is 6.03. The van der Waals surface area contributed by atoms with Crippen LogP contribution in [0.2, 0.25) is 5.02 Å². The van der Waals surface area contributed by atoms with Gasteiger partial charge in [-0.1, -0.05) is 35.9 Å². The molecule has 0 bridgehead atoms. The van der Waals surface area contributed by atoms with E-state index in [9.17, 15) is 4.79 Å². The number of aryl methyl sites for hydroxylation is 1. The number of hydrogen-bond acceptors (Lipinski definition) is 2. The van der Waals surface area contributed by atoms with E-state index in [0.29, 0.717) is 23.2 Å². The van der Waals surface area contributed by atoms with Crippen LogP contribution in [-0.2, 0) is 6.54 Å². The van der Waals surface area contributed by atoms with Crippen LogP contribution in [0, 0.1) is 0 Å². The standard InChI is InChI=1S/C16H15ClN4O/c1-2-21-14-10-6-5-9-13(14)18-15(21)20-16(22)19-12-8-4-3-7-11(12)17/h3-10H,2H2,1H3,(H2,18,19,20,22). The Labute approximate surface area is 132 Å². The van der Waals surface area contributed by atoms with Crippen LogP contribution in [-0.4, -0.2) is 15.6 Å². The summed E-state index contributed by atoms with van der Waals surface area (Å²) < 4.78 is 1.95. The number of nitrogens with one attached hydrogen (secondary N) is 2. The number of benzene rings is 2.